The van der Waals surface area contributed by atoms with Crippen LogP contribution < -0.4 is 37.3 Å². The van der Waals surface area contributed by atoms with Gasteiger partial charge in [-0.25, -0.2) is 0 Å². The zero-order valence-corrected chi connectivity index (χ0v) is 69.3. The third kappa shape index (κ3) is 13.6. The molecule has 3 aliphatic rings. The minimum Gasteiger partial charge on any atom is -0.399 e. The van der Waals surface area contributed by atoms with Crippen LogP contribution in [0, 0.1) is 0 Å². The van der Waals surface area contributed by atoms with Crippen molar-refractivity contribution in [3.05, 3.63) is 429 Å². The van der Waals surface area contributed by atoms with Gasteiger partial charge in [-0.15, -0.1) is 0 Å². The molecule has 1 aliphatic heterocycles. The molecule has 566 valence electrons. The van der Waals surface area contributed by atoms with Crippen LogP contribution in [0.5, 0.6) is 0 Å². The Morgan fingerprint density at radius 2 is 0.475 bits per heavy atom. The Bertz CT molecular complexity index is 6740. The molecule has 2 aliphatic carbocycles. The summed E-state index contributed by atoms with van der Waals surface area (Å²) in [4.78, 5) is 0. The molecule has 0 saturated carbocycles. The SMILES string of the molecule is CC1(C)OB(c2ccc(-c3cc(-c4ccccc4)c4c(c3-c3ccccc3)-c3cccc5cccc-4c35)cc2)OC1(C)C.O=P(c1ccccc1)(c1ccccc1)c1ccc(-c2ccc(-c3cc(-c4ccccc4)c4c(c3-c3ccccc3)-c3cccc5cccc-4c35)cc2)cc1.O=P(c1ccccc1)(c1ccccc1)c1ccc(Br)cc1. The number of fused-ring (bicyclic) bond motifs is 6. The summed E-state index contributed by atoms with van der Waals surface area (Å²) < 4.78 is 42.6. The second kappa shape index (κ2) is 31.4. The summed E-state index contributed by atoms with van der Waals surface area (Å²) in [6.07, 6.45) is 0. The Labute approximate surface area is 699 Å². The van der Waals surface area contributed by atoms with E-state index in [4.69, 9.17) is 9.31 Å². The smallest absolute Gasteiger partial charge is 0.399 e. The van der Waals surface area contributed by atoms with Crippen LogP contribution in [0.4, 0.5) is 0 Å². The van der Waals surface area contributed by atoms with Crippen LogP contribution >= 0.6 is 30.2 Å². The summed E-state index contributed by atoms with van der Waals surface area (Å²) in [5.41, 5.74) is 27.5. The van der Waals surface area contributed by atoms with E-state index in [2.05, 4.69) is 311 Å². The van der Waals surface area contributed by atoms with Crippen molar-refractivity contribution in [2.75, 3.05) is 0 Å². The van der Waals surface area contributed by atoms with Crippen molar-refractivity contribution < 1.29 is 18.4 Å². The highest BCUT2D eigenvalue weighted by molar-refractivity contribution is 9.10. The quantitative estimate of drug-likeness (QED) is 0.0804. The van der Waals surface area contributed by atoms with E-state index >= 15 is 0 Å². The van der Waals surface area contributed by atoms with Crippen LogP contribution in [0.1, 0.15) is 27.7 Å². The predicted molar refractivity (Wildman–Crippen MR) is 503 cm³/mol. The average Bonchev–Trinajstić information content (AvgIpc) is 1.55. The van der Waals surface area contributed by atoms with E-state index in [0.29, 0.717) is 0 Å². The zero-order chi connectivity index (χ0) is 80.1. The fourth-order valence-electron chi connectivity index (χ4n) is 17.5. The number of hydrogen-bond acceptors (Lipinski definition) is 4. The van der Waals surface area contributed by atoms with Crippen LogP contribution in [0.25, 0.3) is 144 Å². The van der Waals surface area contributed by atoms with E-state index in [1.54, 1.807) is 0 Å². The van der Waals surface area contributed by atoms with Gasteiger partial charge in [0.25, 0.3) is 0 Å². The first-order valence-corrected chi connectivity index (χ1v) is 44.5. The molecular formula is C110H82BBrO4P2. The lowest BCUT2D eigenvalue weighted by Crippen LogP contribution is -2.41. The lowest BCUT2D eigenvalue weighted by molar-refractivity contribution is 0.00578. The largest absolute Gasteiger partial charge is 0.494 e. The Morgan fingerprint density at radius 3 is 0.805 bits per heavy atom. The van der Waals surface area contributed by atoms with Gasteiger partial charge in [0.2, 0.25) is 0 Å². The van der Waals surface area contributed by atoms with E-state index in [-0.39, 0.29) is 18.3 Å². The summed E-state index contributed by atoms with van der Waals surface area (Å²) in [7, 11) is -6.25. The van der Waals surface area contributed by atoms with Crippen molar-refractivity contribution in [1.82, 2.24) is 0 Å². The molecule has 0 atom stereocenters. The second-order valence-electron chi connectivity index (χ2n) is 31.4. The first-order valence-electron chi connectivity index (χ1n) is 40.3. The maximum atomic E-state index is 15.0. The molecule has 0 unspecified atom stereocenters. The Balaban J connectivity index is 0.000000128. The molecule has 0 radical (unpaired) electrons. The maximum Gasteiger partial charge on any atom is 0.494 e. The third-order valence-corrected chi connectivity index (χ3v) is 30.7. The summed E-state index contributed by atoms with van der Waals surface area (Å²) in [5.74, 6) is 0. The molecule has 0 aromatic heterocycles. The summed E-state index contributed by atoms with van der Waals surface area (Å²) in [5, 5.41) is 10.3. The third-order valence-electron chi connectivity index (χ3n) is 24.0. The van der Waals surface area contributed by atoms with E-state index < -0.39 is 14.3 Å². The van der Waals surface area contributed by atoms with E-state index in [9.17, 15) is 9.13 Å². The highest BCUT2D eigenvalue weighted by Gasteiger charge is 2.52. The summed E-state index contributed by atoms with van der Waals surface area (Å²) in [6.45, 7) is 8.40. The second-order valence-corrected chi connectivity index (χ2v) is 37.9. The molecule has 18 aromatic carbocycles. The zero-order valence-electron chi connectivity index (χ0n) is 65.9. The molecule has 118 heavy (non-hydrogen) atoms. The molecule has 0 bridgehead atoms. The normalized spacial score (nSPS) is 13.2. The first-order chi connectivity index (χ1) is 57.7. The van der Waals surface area contributed by atoms with Gasteiger partial charge >= 0.3 is 7.12 Å². The van der Waals surface area contributed by atoms with Gasteiger partial charge in [0, 0.05) is 36.3 Å². The van der Waals surface area contributed by atoms with Crippen molar-refractivity contribution in [2.45, 2.75) is 38.9 Å². The molecule has 1 heterocycles. The highest BCUT2D eigenvalue weighted by Crippen LogP contribution is 2.60. The van der Waals surface area contributed by atoms with Gasteiger partial charge in [-0.05, 0) is 213 Å². The van der Waals surface area contributed by atoms with Gasteiger partial charge in [-0.1, -0.05) is 404 Å². The van der Waals surface area contributed by atoms with Crippen LogP contribution in [-0.4, -0.2) is 18.3 Å². The monoisotopic (exact) mass is 1620 g/mol. The van der Waals surface area contributed by atoms with Gasteiger partial charge < -0.3 is 18.4 Å². The van der Waals surface area contributed by atoms with Crippen molar-refractivity contribution in [3.63, 3.8) is 0 Å². The maximum absolute atomic E-state index is 15.0. The lowest BCUT2D eigenvalue weighted by atomic mass is 9.77. The molecule has 0 N–H and O–H groups in total. The molecular weight excluding hydrogens is 1540 g/mol. The minimum atomic E-state index is -3.04. The van der Waals surface area contributed by atoms with Crippen LogP contribution in [0.2, 0.25) is 0 Å². The number of benzene rings is 18. The van der Waals surface area contributed by atoms with Crippen LogP contribution in [0.15, 0.2) is 429 Å². The fourth-order valence-corrected chi connectivity index (χ4v) is 23.1. The molecule has 0 spiro atoms. The van der Waals surface area contributed by atoms with E-state index in [1.165, 1.54) is 127 Å². The topological polar surface area (TPSA) is 52.6 Å². The van der Waals surface area contributed by atoms with Crippen molar-refractivity contribution in [1.29, 1.82) is 0 Å². The average molecular weight is 1620 g/mol. The van der Waals surface area contributed by atoms with Crippen LogP contribution in [0.3, 0.4) is 0 Å². The van der Waals surface area contributed by atoms with Crippen molar-refractivity contribution in [3.8, 4) is 122 Å². The van der Waals surface area contributed by atoms with E-state index in [0.717, 1.165) is 58.5 Å². The number of hydrogen-bond donors (Lipinski definition) is 0. The van der Waals surface area contributed by atoms with Gasteiger partial charge in [0.05, 0.1) is 11.2 Å². The Hall–Kier alpha value is -12.6. The minimum absolute atomic E-state index is 0.378. The Morgan fingerprint density at radius 1 is 0.229 bits per heavy atom. The molecule has 4 nitrogen and oxygen atoms in total. The van der Waals surface area contributed by atoms with Gasteiger partial charge in [-0.2, -0.15) is 0 Å². The van der Waals surface area contributed by atoms with Crippen molar-refractivity contribution in [2.24, 2.45) is 0 Å². The summed E-state index contributed by atoms with van der Waals surface area (Å²) in [6, 6.07) is 148. The van der Waals surface area contributed by atoms with E-state index in [1.807, 2.05) is 158 Å². The molecule has 8 heteroatoms. The fraction of sp³-hybridized carbons (Fsp3) is 0.0545. The van der Waals surface area contributed by atoms with Crippen LogP contribution in [-0.2, 0) is 18.4 Å². The Kier molecular flexibility index (Phi) is 20.1. The highest BCUT2D eigenvalue weighted by atomic mass is 79.9. The number of rotatable bonds is 14. The van der Waals surface area contributed by atoms with Gasteiger partial charge in [-0.3, -0.25) is 0 Å². The summed E-state index contributed by atoms with van der Waals surface area (Å²) >= 11 is 3.43. The van der Waals surface area contributed by atoms with Crippen molar-refractivity contribution >= 4 is 96.2 Å². The predicted octanol–water partition coefficient (Wildman–Crippen LogP) is 26.7. The molecule has 1 fully saturated rings. The van der Waals surface area contributed by atoms with Gasteiger partial charge in [0.1, 0.15) is 0 Å². The molecule has 1 saturated heterocycles. The molecule has 18 aromatic rings. The molecule has 0 amide bonds. The van der Waals surface area contributed by atoms with Gasteiger partial charge in [0.15, 0.2) is 14.3 Å². The lowest BCUT2D eigenvalue weighted by Gasteiger charge is -2.32. The first kappa shape index (κ1) is 75.4. The number of halogens is 1. The standard InChI is InChI=1S/C52H35OP.C40H33BO2.C18H14BrOP/c53-54(42-21-9-3-10-22-42,43-23-11-4-12-24-43)44-33-31-37(32-34-44)36-27-29-39(30-28-36)47-35-48(38-15-5-1-6-16-38)51-45-25-13-19-40-20-14-26-46(49(40)45)52(51)50(47)41-17-7-2-8-18-41;1-39(2)40(3,4)43-41(42-39)30-23-21-27(22-24-30)33-25-34(26-13-7-5-8-14-26)37-31-19-11-17-28-18-12-20-32(35(28)31)38(37)36(33)29-15-9-6-10-16-29;19-15-11-13-18(14-12-15)21(20,16-7-3-1-4-8-16)17-9-5-2-6-10-17/h1-35H;5-25H,1-4H3;1-14H. The molecule has 21 rings (SSSR count).